The average Bonchev–Trinajstić information content (AvgIpc) is 3.37. The standard InChI is InChI=1S/C23H31BrO5S/c1-15-5-6-16(4-2-3-13-30-18-9-7-17(24)8-10-18)19(15)14-21-20(29-21)11-12-23(27,28)22(25)26/h7-10,16,19-21,27-28H,1-6,11-14H2,(H,25,26)/t16-,19-,20?,21+/m0/s1. The molecule has 0 aromatic heterocycles. The van der Waals surface area contributed by atoms with E-state index >= 15 is 0 Å². The minimum absolute atomic E-state index is 0.0700. The lowest BCUT2D eigenvalue weighted by atomic mass is 9.85. The first-order valence-electron chi connectivity index (χ1n) is 10.7. The van der Waals surface area contributed by atoms with Gasteiger partial charge >= 0.3 is 5.97 Å². The van der Waals surface area contributed by atoms with Gasteiger partial charge in [-0.3, -0.25) is 0 Å². The second-order valence-electron chi connectivity index (χ2n) is 8.47. The van der Waals surface area contributed by atoms with Crippen molar-refractivity contribution in [3.8, 4) is 0 Å². The summed E-state index contributed by atoms with van der Waals surface area (Å²) in [5, 5.41) is 27.6. The Morgan fingerprint density at radius 1 is 1.20 bits per heavy atom. The number of hydrogen-bond acceptors (Lipinski definition) is 5. The number of aliphatic carboxylic acids is 1. The van der Waals surface area contributed by atoms with Crippen LogP contribution in [-0.4, -0.2) is 45.0 Å². The molecular weight excluding hydrogens is 468 g/mol. The summed E-state index contributed by atoms with van der Waals surface area (Å²) in [6.45, 7) is 4.27. The van der Waals surface area contributed by atoms with Gasteiger partial charge in [-0.25, -0.2) is 4.79 Å². The van der Waals surface area contributed by atoms with E-state index in [4.69, 9.17) is 9.84 Å². The molecule has 3 rings (SSSR count). The summed E-state index contributed by atoms with van der Waals surface area (Å²) in [5.41, 5.74) is 1.31. The lowest BCUT2D eigenvalue weighted by Gasteiger charge is -2.20. The van der Waals surface area contributed by atoms with E-state index in [0.717, 1.165) is 23.1 Å². The van der Waals surface area contributed by atoms with Gasteiger partial charge in [0.1, 0.15) is 0 Å². The first-order chi connectivity index (χ1) is 14.3. The van der Waals surface area contributed by atoms with Crippen LogP contribution in [0.4, 0.5) is 0 Å². The van der Waals surface area contributed by atoms with Crippen LogP contribution in [0, 0.1) is 11.8 Å². The van der Waals surface area contributed by atoms with Gasteiger partial charge in [0, 0.05) is 15.8 Å². The molecule has 1 aliphatic carbocycles. The lowest BCUT2D eigenvalue weighted by molar-refractivity contribution is -0.205. The molecule has 1 aromatic carbocycles. The normalized spacial score (nSPS) is 26.2. The van der Waals surface area contributed by atoms with E-state index in [2.05, 4.69) is 46.8 Å². The SMILES string of the molecule is C=C1CC[C@H](CCCCSc2ccc(Br)cc2)[C@H]1C[C@H]1OC1CCC(O)(O)C(=O)O. The maximum absolute atomic E-state index is 10.8. The molecule has 7 heteroatoms. The Labute approximate surface area is 191 Å². The second-order valence-corrected chi connectivity index (χ2v) is 10.6. The number of hydrogen-bond donors (Lipinski definition) is 3. The molecule has 1 aromatic rings. The van der Waals surface area contributed by atoms with Crippen LogP contribution >= 0.6 is 27.7 Å². The largest absolute Gasteiger partial charge is 0.477 e. The van der Waals surface area contributed by atoms with E-state index in [1.165, 1.54) is 36.2 Å². The average molecular weight is 499 g/mol. The maximum atomic E-state index is 10.8. The number of aliphatic hydroxyl groups is 2. The molecule has 1 aliphatic heterocycles. The van der Waals surface area contributed by atoms with Crippen LogP contribution in [0.15, 0.2) is 45.8 Å². The van der Waals surface area contributed by atoms with Crippen molar-refractivity contribution in [2.24, 2.45) is 11.8 Å². The van der Waals surface area contributed by atoms with E-state index in [1.54, 1.807) is 0 Å². The zero-order valence-corrected chi connectivity index (χ0v) is 19.5. The van der Waals surface area contributed by atoms with Crippen molar-refractivity contribution >= 4 is 33.7 Å². The molecular formula is C23H31BrO5S. The fourth-order valence-corrected chi connectivity index (χ4v) is 5.54. The summed E-state index contributed by atoms with van der Waals surface area (Å²) in [6, 6.07) is 8.44. The van der Waals surface area contributed by atoms with Gasteiger partial charge in [0.05, 0.1) is 12.2 Å². The fraction of sp³-hybridized carbons (Fsp3) is 0.609. The Bertz CT molecular complexity index is 736. The first-order valence-corrected chi connectivity index (χ1v) is 12.4. The third-order valence-corrected chi connectivity index (χ3v) is 7.90. The number of thioether (sulfide) groups is 1. The highest BCUT2D eigenvalue weighted by Gasteiger charge is 2.45. The number of benzene rings is 1. The summed E-state index contributed by atoms with van der Waals surface area (Å²) < 4.78 is 6.79. The maximum Gasteiger partial charge on any atom is 0.364 e. The number of allylic oxidation sites excluding steroid dienone is 1. The van der Waals surface area contributed by atoms with E-state index < -0.39 is 11.8 Å². The van der Waals surface area contributed by atoms with E-state index in [-0.39, 0.29) is 18.6 Å². The number of ether oxygens (including phenoxy) is 1. The number of carboxylic acids is 1. The quantitative estimate of drug-likeness (QED) is 0.123. The summed E-state index contributed by atoms with van der Waals surface area (Å²) >= 11 is 5.37. The molecule has 2 aliphatic rings. The Hall–Kier alpha value is -0.860. The van der Waals surface area contributed by atoms with Gasteiger partial charge in [0.25, 0.3) is 5.79 Å². The Balaban J connectivity index is 1.34. The van der Waals surface area contributed by atoms with Gasteiger partial charge in [-0.15, -0.1) is 11.8 Å². The molecule has 1 saturated heterocycles. The first kappa shape index (κ1) is 23.8. The smallest absolute Gasteiger partial charge is 0.364 e. The van der Waals surface area contributed by atoms with E-state index in [0.29, 0.717) is 18.3 Å². The molecule has 1 saturated carbocycles. The Morgan fingerprint density at radius 3 is 2.63 bits per heavy atom. The fourth-order valence-electron chi connectivity index (χ4n) is 4.37. The highest BCUT2D eigenvalue weighted by atomic mass is 79.9. The highest BCUT2D eigenvalue weighted by molar-refractivity contribution is 9.10. The third kappa shape index (κ3) is 6.82. The van der Waals surface area contributed by atoms with E-state index in [1.807, 2.05) is 11.8 Å². The molecule has 0 bridgehead atoms. The minimum atomic E-state index is -2.66. The molecule has 4 atom stereocenters. The van der Waals surface area contributed by atoms with E-state index in [9.17, 15) is 15.0 Å². The van der Waals surface area contributed by atoms with Crippen molar-refractivity contribution in [1.82, 2.24) is 0 Å². The zero-order valence-electron chi connectivity index (χ0n) is 17.1. The predicted octanol–water partition coefficient (Wildman–Crippen LogP) is 5.00. The summed E-state index contributed by atoms with van der Waals surface area (Å²) in [6.07, 6.45) is 6.95. The molecule has 0 amide bonds. The number of halogens is 1. The summed E-state index contributed by atoms with van der Waals surface area (Å²) in [7, 11) is 0. The van der Waals surface area contributed by atoms with Crippen LogP contribution in [0.3, 0.4) is 0 Å². The van der Waals surface area contributed by atoms with Crippen molar-refractivity contribution < 1.29 is 24.9 Å². The van der Waals surface area contributed by atoms with Gasteiger partial charge in [-0.1, -0.05) is 34.5 Å². The van der Waals surface area contributed by atoms with Crippen molar-refractivity contribution in [1.29, 1.82) is 0 Å². The van der Waals surface area contributed by atoms with Crippen molar-refractivity contribution in [2.75, 3.05) is 5.75 Å². The second kappa shape index (κ2) is 10.6. The molecule has 1 heterocycles. The number of unbranched alkanes of at least 4 members (excludes halogenated alkanes) is 1. The van der Waals surface area contributed by atoms with Gasteiger partial charge in [-0.2, -0.15) is 0 Å². The van der Waals surface area contributed by atoms with Crippen LogP contribution in [-0.2, 0) is 9.53 Å². The van der Waals surface area contributed by atoms with Crippen molar-refractivity contribution in [3.63, 3.8) is 0 Å². The number of carboxylic acid groups (broad SMARTS) is 1. The van der Waals surface area contributed by atoms with Crippen molar-refractivity contribution in [2.45, 2.75) is 74.3 Å². The van der Waals surface area contributed by atoms with Gasteiger partial charge in [-0.05, 0) is 80.4 Å². The molecule has 0 spiro atoms. The molecule has 30 heavy (non-hydrogen) atoms. The number of carbonyl (C=O) groups is 1. The molecule has 5 nitrogen and oxygen atoms in total. The Kier molecular flexibility index (Phi) is 8.44. The highest BCUT2D eigenvalue weighted by Crippen LogP contribution is 2.45. The van der Waals surface area contributed by atoms with Gasteiger partial charge in [0.2, 0.25) is 0 Å². The van der Waals surface area contributed by atoms with Gasteiger partial charge < -0.3 is 20.1 Å². The summed E-state index contributed by atoms with van der Waals surface area (Å²) in [5.74, 6) is -2.03. The monoisotopic (exact) mass is 498 g/mol. The van der Waals surface area contributed by atoms with Crippen LogP contribution in [0.2, 0.25) is 0 Å². The molecule has 2 fully saturated rings. The third-order valence-electron chi connectivity index (χ3n) is 6.28. The van der Waals surface area contributed by atoms with Crippen LogP contribution in [0.5, 0.6) is 0 Å². The van der Waals surface area contributed by atoms with Crippen LogP contribution < -0.4 is 0 Å². The summed E-state index contributed by atoms with van der Waals surface area (Å²) in [4.78, 5) is 12.1. The molecule has 1 unspecified atom stereocenters. The number of epoxide rings is 1. The van der Waals surface area contributed by atoms with Crippen molar-refractivity contribution in [3.05, 3.63) is 40.9 Å². The van der Waals surface area contributed by atoms with Crippen LogP contribution in [0.25, 0.3) is 0 Å². The lowest BCUT2D eigenvalue weighted by Crippen LogP contribution is -2.38. The molecule has 3 N–H and O–H groups in total. The topological polar surface area (TPSA) is 90.3 Å². The Morgan fingerprint density at radius 2 is 1.93 bits per heavy atom. The molecule has 166 valence electrons. The number of rotatable bonds is 12. The zero-order chi connectivity index (χ0) is 21.7. The predicted molar refractivity (Wildman–Crippen MR) is 121 cm³/mol. The molecule has 0 radical (unpaired) electrons. The minimum Gasteiger partial charge on any atom is -0.477 e. The van der Waals surface area contributed by atoms with Gasteiger partial charge in [0.15, 0.2) is 0 Å². The van der Waals surface area contributed by atoms with Crippen LogP contribution in [0.1, 0.15) is 51.4 Å².